The van der Waals surface area contributed by atoms with E-state index in [1.165, 1.54) is 0 Å². The number of alkyl carbamates (subject to hydrolysis) is 1. The molecular formula is C15H18IN5O2. The molecule has 1 amide bonds. The van der Waals surface area contributed by atoms with Crippen molar-refractivity contribution in [2.45, 2.75) is 32.8 Å². The first-order valence-electron chi connectivity index (χ1n) is 7.12. The number of ether oxygens (including phenoxy) is 1. The number of benzene rings is 1. The molecule has 1 N–H and O–H groups in total. The third-order valence-electron chi connectivity index (χ3n) is 2.64. The van der Waals surface area contributed by atoms with Crippen molar-refractivity contribution in [2.24, 2.45) is 0 Å². The van der Waals surface area contributed by atoms with Crippen molar-refractivity contribution in [3.63, 3.8) is 0 Å². The summed E-state index contributed by atoms with van der Waals surface area (Å²) in [5.41, 5.74) is 0.350. The van der Waals surface area contributed by atoms with E-state index >= 15 is 0 Å². The zero-order chi connectivity index (χ0) is 16.9. The van der Waals surface area contributed by atoms with Crippen LogP contribution in [0, 0.1) is 3.57 Å². The van der Waals surface area contributed by atoms with E-state index in [0.29, 0.717) is 24.6 Å². The molecular weight excluding hydrogens is 409 g/mol. The van der Waals surface area contributed by atoms with Crippen molar-refractivity contribution in [2.75, 3.05) is 6.54 Å². The van der Waals surface area contributed by atoms with E-state index in [-0.39, 0.29) is 0 Å². The van der Waals surface area contributed by atoms with Gasteiger partial charge in [-0.05, 0) is 55.5 Å². The van der Waals surface area contributed by atoms with Gasteiger partial charge in [0.1, 0.15) is 5.60 Å². The molecule has 2 aromatic rings. The molecule has 0 aliphatic rings. The molecule has 0 aliphatic carbocycles. The van der Waals surface area contributed by atoms with E-state index in [9.17, 15) is 4.79 Å². The SMILES string of the molecule is CC(C)(C)OC(=O)NCCc1nnc(-c2ccc(I)cc2)nn1. The van der Waals surface area contributed by atoms with Gasteiger partial charge in [0.2, 0.25) is 5.82 Å². The maximum atomic E-state index is 11.5. The zero-order valence-electron chi connectivity index (χ0n) is 13.2. The molecule has 2 rings (SSSR count). The van der Waals surface area contributed by atoms with Gasteiger partial charge >= 0.3 is 6.09 Å². The molecule has 0 aliphatic heterocycles. The molecule has 0 unspecified atom stereocenters. The van der Waals surface area contributed by atoms with E-state index in [0.717, 1.165) is 9.13 Å². The number of hydrogen-bond donors (Lipinski definition) is 1. The third-order valence-corrected chi connectivity index (χ3v) is 3.36. The molecule has 122 valence electrons. The van der Waals surface area contributed by atoms with Crippen LogP contribution in [-0.2, 0) is 11.2 Å². The molecule has 0 spiro atoms. The molecule has 23 heavy (non-hydrogen) atoms. The number of carbonyl (C=O) groups excluding carboxylic acids is 1. The highest BCUT2D eigenvalue weighted by molar-refractivity contribution is 14.1. The summed E-state index contributed by atoms with van der Waals surface area (Å²) in [4.78, 5) is 11.5. The first-order chi connectivity index (χ1) is 10.8. The summed E-state index contributed by atoms with van der Waals surface area (Å²) in [6.45, 7) is 5.80. The van der Waals surface area contributed by atoms with Gasteiger partial charge in [-0.25, -0.2) is 4.79 Å². The Morgan fingerprint density at radius 1 is 1.13 bits per heavy atom. The van der Waals surface area contributed by atoms with Crippen molar-refractivity contribution in [1.82, 2.24) is 25.7 Å². The molecule has 7 nitrogen and oxygen atoms in total. The van der Waals surface area contributed by atoms with Gasteiger partial charge in [-0.3, -0.25) is 0 Å². The summed E-state index contributed by atoms with van der Waals surface area (Å²) in [6.07, 6.45) is -0.0272. The van der Waals surface area contributed by atoms with Crippen LogP contribution in [0.1, 0.15) is 26.6 Å². The lowest BCUT2D eigenvalue weighted by Crippen LogP contribution is -2.33. The predicted molar refractivity (Wildman–Crippen MR) is 93.7 cm³/mol. The average Bonchev–Trinajstić information content (AvgIpc) is 2.47. The van der Waals surface area contributed by atoms with Crippen molar-refractivity contribution in [3.8, 4) is 11.4 Å². The van der Waals surface area contributed by atoms with Gasteiger partial charge in [-0.2, -0.15) is 0 Å². The van der Waals surface area contributed by atoms with Gasteiger partial charge in [0.05, 0.1) is 0 Å². The Bertz CT molecular complexity index is 653. The van der Waals surface area contributed by atoms with Gasteiger partial charge in [0.25, 0.3) is 0 Å². The Kier molecular flexibility index (Phi) is 5.80. The van der Waals surface area contributed by atoms with E-state index in [1.54, 1.807) is 0 Å². The van der Waals surface area contributed by atoms with Crippen LogP contribution in [0.5, 0.6) is 0 Å². The normalized spacial score (nSPS) is 11.1. The highest BCUT2D eigenvalue weighted by atomic mass is 127. The Morgan fingerprint density at radius 3 is 2.30 bits per heavy atom. The summed E-state index contributed by atoms with van der Waals surface area (Å²) < 4.78 is 6.28. The Labute approximate surface area is 148 Å². The summed E-state index contributed by atoms with van der Waals surface area (Å²) in [6, 6.07) is 7.78. The topological polar surface area (TPSA) is 89.9 Å². The first-order valence-corrected chi connectivity index (χ1v) is 8.20. The Hall–Kier alpha value is -1.84. The Morgan fingerprint density at radius 2 is 1.74 bits per heavy atom. The van der Waals surface area contributed by atoms with Crippen molar-refractivity contribution >= 4 is 28.7 Å². The fourth-order valence-corrected chi connectivity index (χ4v) is 2.01. The van der Waals surface area contributed by atoms with Crippen LogP contribution in [0.3, 0.4) is 0 Å². The third kappa shape index (κ3) is 6.05. The van der Waals surface area contributed by atoms with Crippen LogP contribution in [-0.4, -0.2) is 38.6 Å². The van der Waals surface area contributed by atoms with Crippen LogP contribution in [0.4, 0.5) is 4.79 Å². The molecule has 0 atom stereocenters. The number of nitrogens with zero attached hydrogens (tertiary/aromatic N) is 4. The largest absolute Gasteiger partial charge is 0.444 e. The minimum absolute atomic E-state index is 0.362. The number of aromatic nitrogens is 4. The van der Waals surface area contributed by atoms with E-state index in [1.807, 2.05) is 45.0 Å². The summed E-state index contributed by atoms with van der Waals surface area (Å²) in [5, 5.41) is 18.8. The molecule has 8 heteroatoms. The molecule has 1 heterocycles. The highest BCUT2D eigenvalue weighted by Crippen LogP contribution is 2.14. The van der Waals surface area contributed by atoms with E-state index in [2.05, 4.69) is 48.3 Å². The fourth-order valence-electron chi connectivity index (χ4n) is 1.66. The lowest BCUT2D eigenvalue weighted by molar-refractivity contribution is 0.0528. The van der Waals surface area contributed by atoms with Crippen LogP contribution < -0.4 is 5.32 Å². The number of carbonyl (C=O) groups is 1. The molecule has 0 saturated carbocycles. The van der Waals surface area contributed by atoms with Gasteiger partial charge in [0.15, 0.2) is 5.82 Å². The number of amides is 1. The number of nitrogens with one attached hydrogen (secondary N) is 1. The second kappa shape index (κ2) is 7.62. The van der Waals surface area contributed by atoms with Gasteiger partial charge in [0, 0.05) is 22.1 Å². The standard InChI is InChI=1S/C15H18IN5O2/c1-15(2,3)23-14(22)17-9-8-12-18-20-13(21-19-12)10-4-6-11(16)7-5-10/h4-7H,8-9H2,1-3H3,(H,17,22). The van der Waals surface area contributed by atoms with Crippen LogP contribution in [0.2, 0.25) is 0 Å². The van der Waals surface area contributed by atoms with Crippen molar-refractivity contribution in [1.29, 1.82) is 0 Å². The fraction of sp³-hybridized carbons (Fsp3) is 0.400. The molecule has 0 radical (unpaired) electrons. The smallest absolute Gasteiger partial charge is 0.407 e. The minimum Gasteiger partial charge on any atom is -0.444 e. The number of rotatable bonds is 4. The molecule has 0 bridgehead atoms. The zero-order valence-corrected chi connectivity index (χ0v) is 15.4. The average molecular weight is 427 g/mol. The minimum atomic E-state index is -0.515. The van der Waals surface area contributed by atoms with Crippen molar-refractivity contribution < 1.29 is 9.53 Å². The maximum absolute atomic E-state index is 11.5. The predicted octanol–water partition coefficient (Wildman–Crippen LogP) is 2.61. The summed E-state index contributed by atoms with van der Waals surface area (Å²) in [7, 11) is 0. The molecule has 1 aromatic heterocycles. The monoisotopic (exact) mass is 427 g/mol. The maximum Gasteiger partial charge on any atom is 0.407 e. The summed E-state index contributed by atoms with van der Waals surface area (Å²) >= 11 is 2.23. The van der Waals surface area contributed by atoms with E-state index in [4.69, 9.17) is 4.74 Å². The lowest BCUT2D eigenvalue weighted by atomic mass is 10.2. The quantitative estimate of drug-likeness (QED) is 0.755. The number of halogens is 1. The lowest BCUT2D eigenvalue weighted by Gasteiger charge is -2.19. The van der Waals surface area contributed by atoms with Crippen LogP contribution in [0.15, 0.2) is 24.3 Å². The Balaban J connectivity index is 1.86. The molecule has 0 saturated heterocycles. The summed E-state index contributed by atoms with van der Waals surface area (Å²) in [5.74, 6) is 0.945. The second-order valence-corrected chi connectivity index (χ2v) is 7.07. The van der Waals surface area contributed by atoms with Crippen molar-refractivity contribution in [3.05, 3.63) is 33.7 Å². The second-order valence-electron chi connectivity index (χ2n) is 5.83. The van der Waals surface area contributed by atoms with Gasteiger partial charge in [-0.15, -0.1) is 20.4 Å². The van der Waals surface area contributed by atoms with Gasteiger partial charge in [-0.1, -0.05) is 12.1 Å². The van der Waals surface area contributed by atoms with E-state index < -0.39 is 11.7 Å². The highest BCUT2D eigenvalue weighted by Gasteiger charge is 2.15. The number of hydrogen-bond acceptors (Lipinski definition) is 6. The van der Waals surface area contributed by atoms with Crippen LogP contribution >= 0.6 is 22.6 Å². The first kappa shape index (κ1) is 17.5. The van der Waals surface area contributed by atoms with Crippen LogP contribution in [0.25, 0.3) is 11.4 Å². The molecule has 0 fully saturated rings. The van der Waals surface area contributed by atoms with Gasteiger partial charge < -0.3 is 10.1 Å². The molecule has 1 aromatic carbocycles.